The highest BCUT2D eigenvalue weighted by Crippen LogP contribution is 2.23. The van der Waals surface area contributed by atoms with Crippen molar-refractivity contribution in [2.75, 3.05) is 12.4 Å². The molecule has 1 aromatic rings. The number of carbonyl (C=O) groups excluding carboxylic acids is 2. The molecule has 0 radical (unpaired) electrons. The molecule has 0 fully saturated rings. The number of hydrogen-bond donors (Lipinski definition) is 0. The minimum absolute atomic E-state index is 0.226. The SMILES string of the molecule is CCOC(=O)CSc1csc(C=O)c1. The first-order valence-corrected chi connectivity index (χ1v) is 5.95. The third-order valence-corrected chi connectivity index (χ3v) is 3.33. The summed E-state index contributed by atoms with van der Waals surface area (Å²) in [5.74, 6) is 0.0689. The molecule has 0 aromatic carbocycles. The summed E-state index contributed by atoms with van der Waals surface area (Å²) >= 11 is 2.76. The largest absolute Gasteiger partial charge is 0.465 e. The molecular formula is C9H10O3S2. The number of carbonyl (C=O) groups is 2. The zero-order chi connectivity index (χ0) is 10.4. The van der Waals surface area contributed by atoms with Crippen molar-refractivity contribution in [2.45, 2.75) is 11.8 Å². The molecule has 0 aliphatic rings. The highest BCUT2D eigenvalue weighted by atomic mass is 32.2. The Kier molecular flexibility index (Phi) is 4.69. The van der Waals surface area contributed by atoms with E-state index in [0.717, 1.165) is 11.2 Å². The van der Waals surface area contributed by atoms with Gasteiger partial charge in [-0.05, 0) is 13.0 Å². The predicted octanol–water partition coefficient (Wildman–Crippen LogP) is 2.22. The lowest BCUT2D eigenvalue weighted by Crippen LogP contribution is -2.06. The van der Waals surface area contributed by atoms with E-state index < -0.39 is 0 Å². The number of esters is 1. The van der Waals surface area contributed by atoms with E-state index in [9.17, 15) is 9.59 Å². The van der Waals surface area contributed by atoms with E-state index in [1.807, 2.05) is 5.38 Å². The summed E-state index contributed by atoms with van der Waals surface area (Å²) in [6.07, 6.45) is 0.805. The van der Waals surface area contributed by atoms with E-state index in [1.54, 1.807) is 13.0 Å². The summed E-state index contributed by atoms with van der Waals surface area (Å²) in [4.78, 5) is 23.0. The molecule has 0 saturated carbocycles. The molecule has 0 unspecified atom stereocenters. The van der Waals surface area contributed by atoms with E-state index in [-0.39, 0.29) is 5.97 Å². The second-order valence-electron chi connectivity index (χ2n) is 2.40. The molecule has 1 rings (SSSR count). The first-order valence-electron chi connectivity index (χ1n) is 4.08. The topological polar surface area (TPSA) is 43.4 Å². The van der Waals surface area contributed by atoms with Crippen LogP contribution in [-0.4, -0.2) is 24.6 Å². The monoisotopic (exact) mass is 230 g/mol. The van der Waals surface area contributed by atoms with Crippen LogP contribution in [0.3, 0.4) is 0 Å². The van der Waals surface area contributed by atoms with Crippen LogP contribution < -0.4 is 0 Å². The minimum Gasteiger partial charge on any atom is -0.465 e. The molecule has 1 aromatic heterocycles. The van der Waals surface area contributed by atoms with Gasteiger partial charge in [0, 0.05) is 10.3 Å². The van der Waals surface area contributed by atoms with Crippen LogP contribution in [0.2, 0.25) is 0 Å². The van der Waals surface area contributed by atoms with Crippen molar-refractivity contribution in [1.29, 1.82) is 0 Å². The van der Waals surface area contributed by atoms with Crippen molar-refractivity contribution in [3.05, 3.63) is 16.3 Å². The molecule has 0 atom stereocenters. The molecule has 5 heteroatoms. The summed E-state index contributed by atoms with van der Waals surface area (Å²) in [5, 5.41) is 1.85. The Labute approximate surface area is 90.5 Å². The summed E-state index contributed by atoms with van der Waals surface area (Å²) in [6, 6.07) is 1.77. The van der Waals surface area contributed by atoms with Crippen LogP contribution in [0.5, 0.6) is 0 Å². The first-order chi connectivity index (χ1) is 6.76. The van der Waals surface area contributed by atoms with Gasteiger partial charge in [-0.3, -0.25) is 9.59 Å². The lowest BCUT2D eigenvalue weighted by molar-refractivity contribution is -0.139. The minimum atomic E-state index is -0.226. The van der Waals surface area contributed by atoms with Crippen molar-refractivity contribution in [3.8, 4) is 0 Å². The molecule has 0 aliphatic heterocycles. The van der Waals surface area contributed by atoms with Gasteiger partial charge in [0.05, 0.1) is 17.2 Å². The van der Waals surface area contributed by atoms with Gasteiger partial charge in [-0.15, -0.1) is 23.1 Å². The van der Waals surface area contributed by atoms with E-state index in [4.69, 9.17) is 4.74 Å². The summed E-state index contributed by atoms with van der Waals surface area (Å²) < 4.78 is 4.77. The summed E-state index contributed by atoms with van der Waals surface area (Å²) in [5.41, 5.74) is 0. The molecule has 0 bridgehead atoms. The average molecular weight is 230 g/mol. The third kappa shape index (κ3) is 3.51. The maximum absolute atomic E-state index is 11.0. The fraction of sp³-hybridized carbons (Fsp3) is 0.333. The van der Waals surface area contributed by atoms with Crippen LogP contribution in [0.1, 0.15) is 16.6 Å². The number of hydrogen-bond acceptors (Lipinski definition) is 5. The van der Waals surface area contributed by atoms with Crippen LogP contribution in [0, 0.1) is 0 Å². The van der Waals surface area contributed by atoms with Crippen LogP contribution in [0.4, 0.5) is 0 Å². The fourth-order valence-corrected chi connectivity index (χ4v) is 2.46. The van der Waals surface area contributed by atoms with Crippen LogP contribution in [0.15, 0.2) is 16.3 Å². The van der Waals surface area contributed by atoms with Crippen LogP contribution in [0.25, 0.3) is 0 Å². The number of ether oxygens (including phenoxy) is 1. The molecule has 0 spiro atoms. The number of thiophene rings is 1. The molecule has 0 amide bonds. The maximum atomic E-state index is 11.0. The Hall–Kier alpha value is -0.810. The van der Waals surface area contributed by atoms with Gasteiger partial charge in [0.15, 0.2) is 6.29 Å². The molecule has 0 saturated heterocycles. The lowest BCUT2D eigenvalue weighted by atomic mass is 10.5. The average Bonchev–Trinajstić information content (AvgIpc) is 2.63. The molecule has 14 heavy (non-hydrogen) atoms. The van der Waals surface area contributed by atoms with Gasteiger partial charge in [0.25, 0.3) is 0 Å². The predicted molar refractivity (Wildman–Crippen MR) is 57.1 cm³/mol. The zero-order valence-electron chi connectivity index (χ0n) is 7.69. The standard InChI is InChI=1S/C9H10O3S2/c1-2-12-9(11)6-14-8-3-7(4-10)13-5-8/h3-5H,2,6H2,1H3. The van der Waals surface area contributed by atoms with Crippen molar-refractivity contribution in [1.82, 2.24) is 0 Å². The Morgan fingerprint density at radius 3 is 3.07 bits per heavy atom. The van der Waals surface area contributed by atoms with E-state index in [0.29, 0.717) is 17.2 Å². The van der Waals surface area contributed by atoms with Gasteiger partial charge in [-0.25, -0.2) is 0 Å². The van der Waals surface area contributed by atoms with E-state index in [2.05, 4.69) is 0 Å². The van der Waals surface area contributed by atoms with Crippen LogP contribution >= 0.6 is 23.1 Å². The van der Waals surface area contributed by atoms with Gasteiger partial charge in [-0.2, -0.15) is 0 Å². The Morgan fingerprint density at radius 2 is 2.50 bits per heavy atom. The van der Waals surface area contributed by atoms with Crippen molar-refractivity contribution >= 4 is 35.4 Å². The van der Waals surface area contributed by atoms with Gasteiger partial charge >= 0.3 is 5.97 Å². The molecule has 3 nitrogen and oxygen atoms in total. The van der Waals surface area contributed by atoms with Crippen molar-refractivity contribution < 1.29 is 14.3 Å². The molecule has 0 aliphatic carbocycles. The highest BCUT2D eigenvalue weighted by molar-refractivity contribution is 8.00. The molecule has 0 N–H and O–H groups in total. The second kappa shape index (κ2) is 5.82. The van der Waals surface area contributed by atoms with E-state index >= 15 is 0 Å². The Bertz CT molecular complexity index is 320. The second-order valence-corrected chi connectivity index (χ2v) is 4.39. The van der Waals surface area contributed by atoms with Gasteiger partial charge < -0.3 is 4.74 Å². The van der Waals surface area contributed by atoms with Gasteiger partial charge in [0.1, 0.15) is 0 Å². The van der Waals surface area contributed by atoms with Crippen molar-refractivity contribution in [2.24, 2.45) is 0 Å². The summed E-state index contributed by atoms with van der Waals surface area (Å²) in [6.45, 7) is 2.18. The van der Waals surface area contributed by atoms with E-state index in [1.165, 1.54) is 23.1 Å². The number of aldehydes is 1. The molecule has 76 valence electrons. The highest BCUT2D eigenvalue weighted by Gasteiger charge is 2.04. The maximum Gasteiger partial charge on any atom is 0.316 e. The zero-order valence-corrected chi connectivity index (χ0v) is 9.32. The van der Waals surface area contributed by atoms with Gasteiger partial charge in [-0.1, -0.05) is 0 Å². The third-order valence-electron chi connectivity index (χ3n) is 1.37. The number of thioether (sulfide) groups is 1. The van der Waals surface area contributed by atoms with Crippen molar-refractivity contribution in [3.63, 3.8) is 0 Å². The first kappa shape index (κ1) is 11.3. The lowest BCUT2D eigenvalue weighted by Gasteiger charge is -1.99. The molecule has 1 heterocycles. The summed E-state index contributed by atoms with van der Waals surface area (Å²) in [7, 11) is 0. The molecular weight excluding hydrogens is 220 g/mol. The van der Waals surface area contributed by atoms with Crippen LogP contribution in [-0.2, 0) is 9.53 Å². The quantitative estimate of drug-likeness (QED) is 0.442. The number of rotatable bonds is 5. The Balaban J connectivity index is 2.37. The normalized spacial score (nSPS) is 9.79. The fourth-order valence-electron chi connectivity index (χ4n) is 0.817. The van der Waals surface area contributed by atoms with Gasteiger partial charge in [0.2, 0.25) is 0 Å². The smallest absolute Gasteiger partial charge is 0.316 e. The Morgan fingerprint density at radius 1 is 1.71 bits per heavy atom.